The first-order chi connectivity index (χ1) is 13.1. The highest BCUT2D eigenvalue weighted by Gasteiger charge is 2.18. The minimum absolute atomic E-state index is 0.0501. The zero-order chi connectivity index (χ0) is 19.9. The largest absolute Gasteiger partial charge is 0.446 e. The number of nitrogens with one attached hydrogen (secondary N) is 1. The van der Waals surface area contributed by atoms with Gasteiger partial charge in [-0.25, -0.2) is 4.98 Å². The molecule has 0 aliphatic heterocycles. The Morgan fingerprint density at radius 1 is 1.15 bits per heavy atom. The molecule has 1 aromatic heterocycles. The number of oxazole rings is 1. The number of hydrogen-bond acceptors (Lipinski definition) is 6. The molecule has 0 fully saturated rings. The summed E-state index contributed by atoms with van der Waals surface area (Å²) in [5.74, 6) is 0.119. The van der Waals surface area contributed by atoms with Gasteiger partial charge in [0.05, 0.1) is 6.54 Å². The van der Waals surface area contributed by atoms with Gasteiger partial charge < -0.3 is 24.1 Å². The summed E-state index contributed by atoms with van der Waals surface area (Å²) in [7, 11) is 0. The first-order valence-electron chi connectivity index (χ1n) is 9.78. The van der Waals surface area contributed by atoms with E-state index in [-0.39, 0.29) is 24.1 Å². The zero-order valence-corrected chi connectivity index (χ0v) is 16.8. The molecule has 0 unspecified atom stereocenters. The summed E-state index contributed by atoms with van der Waals surface area (Å²) >= 11 is 0. The van der Waals surface area contributed by atoms with Crippen molar-refractivity contribution in [2.24, 2.45) is 0 Å². The molecule has 0 aliphatic carbocycles. The Balaban J connectivity index is 2.53. The summed E-state index contributed by atoms with van der Waals surface area (Å²) < 4.78 is 16.0. The maximum Gasteiger partial charge on any atom is 0.273 e. The van der Waals surface area contributed by atoms with Gasteiger partial charge in [-0.05, 0) is 33.1 Å². The van der Waals surface area contributed by atoms with Crippen LogP contribution in [0.5, 0.6) is 0 Å². The summed E-state index contributed by atoms with van der Waals surface area (Å²) in [4.78, 5) is 30.3. The van der Waals surface area contributed by atoms with Crippen molar-refractivity contribution in [2.75, 3.05) is 39.5 Å². The molecule has 154 valence electrons. The number of ether oxygens (including phenoxy) is 2. The molecule has 1 rings (SSSR count). The lowest BCUT2D eigenvalue weighted by atomic mass is 10.2. The third-order valence-corrected chi connectivity index (χ3v) is 3.80. The van der Waals surface area contributed by atoms with Crippen LogP contribution in [0.3, 0.4) is 0 Å². The van der Waals surface area contributed by atoms with Crippen LogP contribution in [0, 0.1) is 0 Å². The van der Waals surface area contributed by atoms with Gasteiger partial charge in [0.25, 0.3) is 5.91 Å². The molecule has 27 heavy (non-hydrogen) atoms. The summed E-state index contributed by atoms with van der Waals surface area (Å²) in [6, 6.07) is 0. The van der Waals surface area contributed by atoms with Crippen molar-refractivity contribution in [3.63, 3.8) is 0 Å². The van der Waals surface area contributed by atoms with Crippen molar-refractivity contribution in [3.05, 3.63) is 17.8 Å². The van der Waals surface area contributed by atoms with Crippen LogP contribution in [0.2, 0.25) is 0 Å². The Morgan fingerprint density at radius 2 is 1.85 bits per heavy atom. The molecule has 0 radical (unpaired) electrons. The molecule has 8 heteroatoms. The molecule has 0 saturated heterocycles. The quantitative estimate of drug-likeness (QED) is 0.467. The van der Waals surface area contributed by atoms with Crippen molar-refractivity contribution >= 4 is 11.8 Å². The number of carbonyl (C=O) groups is 2. The first-order valence-corrected chi connectivity index (χ1v) is 9.78. The predicted octanol–water partition coefficient (Wildman–Crippen LogP) is 2.39. The Kier molecular flexibility index (Phi) is 12.1. The molecule has 0 aliphatic rings. The van der Waals surface area contributed by atoms with E-state index in [1.54, 1.807) is 4.90 Å². The summed E-state index contributed by atoms with van der Waals surface area (Å²) in [6.45, 7) is 9.71. The molecular formula is C19H33N3O5. The Labute approximate surface area is 161 Å². The van der Waals surface area contributed by atoms with Crippen LogP contribution in [0.15, 0.2) is 10.7 Å². The highest BCUT2D eigenvalue weighted by Crippen LogP contribution is 2.09. The van der Waals surface area contributed by atoms with Gasteiger partial charge in [-0.1, -0.05) is 6.92 Å². The predicted molar refractivity (Wildman–Crippen MR) is 101 cm³/mol. The monoisotopic (exact) mass is 383 g/mol. The lowest BCUT2D eigenvalue weighted by molar-refractivity contribution is -0.132. The fourth-order valence-corrected chi connectivity index (χ4v) is 2.43. The van der Waals surface area contributed by atoms with Crippen LogP contribution in [0.4, 0.5) is 0 Å². The number of amides is 2. The average molecular weight is 383 g/mol. The zero-order valence-electron chi connectivity index (χ0n) is 16.8. The normalized spacial score (nSPS) is 10.8. The van der Waals surface area contributed by atoms with Crippen LogP contribution in [-0.2, 0) is 20.8 Å². The molecule has 1 aromatic rings. The van der Waals surface area contributed by atoms with Crippen molar-refractivity contribution < 1.29 is 23.5 Å². The van der Waals surface area contributed by atoms with E-state index in [9.17, 15) is 9.59 Å². The molecule has 0 aromatic carbocycles. The van der Waals surface area contributed by atoms with Gasteiger partial charge in [-0.2, -0.15) is 0 Å². The van der Waals surface area contributed by atoms with Gasteiger partial charge in [0.15, 0.2) is 5.69 Å². The van der Waals surface area contributed by atoms with Crippen LogP contribution < -0.4 is 5.32 Å². The smallest absolute Gasteiger partial charge is 0.273 e. The van der Waals surface area contributed by atoms with Gasteiger partial charge in [0.2, 0.25) is 11.8 Å². The molecular weight excluding hydrogens is 350 g/mol. The SMILES string of the molecule is CCCC(=O)N(CCCOCC)Cc1nc(C(=O)NCCCOCC)co1. The van der Waals surface area contributed by atoms with E-state index in [1.165, 1.54) is 6.26 Å². The summed E-state index contributed by atoms with van der Waals surface area (Å²) in [5, 5.41) is 2.78. The standard InChI is InChI=1S/C19H33N3O5/c1-4-9-18(23)22(11-8-13-26-6-3)14-17-21-16(15-27-17)19(24)20-10-7-12-25-5-2/h15H,4-14H2,1-3H3,(H,20,24). The van der Waals surface area contributed by atoms with E-state index >= 15 is 0 Å². The van der Waals surface area contributed by atoms with Crippen LogP contribution in [0.25, 0.3) is 0 Å². The van der Waals surface area contributed by atoms with Crippen LogP contribution in [-0.4, -0.2) is 61.2 Å². The van der Waals surface area contributed by atoms with E-state index < -0.39 is 0 Å². The van der Waals surface area contributed by atoms with Crippen molar-refractivity contribution in [3.8, 4) is 0 Å². The molecule has 2 amide bonds. The topological polar surface area (TPSA) is 93.9 Å². The minimum atomic E-state index is -0.288. The van der Waals surface area contributed by atoms with Gasteiger partial charge in [-0.3, -0.25) is 9.59 Å². The van der Waals surface area contributed by atoms with E-state index in [0.29, 0.717) is 51.8 Å². The van der Waals surface area contributed by atoms with Gasteiger partial charge in [-0.15, -0.1) is 0 Å². The average Bonchev–Trinajstić information content (AvgIpc) is 3.13. The maximum absolute atomic E-state index is 12.3. The fourth-order valence-electron chi connectivity index (χ4n) is 2.43. The summed E-state index contributed by atoms with van der Waals surface area (Å²) in [6.07, 6.45) is 4.07. The number of rotatable bonds is 15. The van der Waals surface area contributed by atoms with Crippen molar-refractivity contribution in [1.82, 2.24) is 15.2 Å². The summed E-state index contributed by atoms with van der Waals surface area (Å²) in [5.41, 5.74) is 0.221. The van der Waals surface area contributed by atoms with Crippen molar-refractivity contribution in [2.45, 2.75) is 53.0 Å². The third kappa shape index (κ3) is 9.53. The molecule has 0 atom stereocenters. The number of carbonyl (C=O) groups excluding carboxylic acids is 2. The molecule has 0 saturated carbocycles. The maximum atomic E-state index is 12.3. The van der Waals surface area contributed by atoms with E-state index in [1.807, 2.05) is 20.8 Å². The highest BCUT2D eigenvalue weighted by atomic mass is 16.5. The van der Waals surface area contributed by atoms with Crippen molar-refractivity contribution in [1.29, 1.82) is 0 Å². The lowest BCUT2D eigenvalue weighted by Crippen LogP contribution is -2.32. The first kappa shape index (κ1) is 23.1. The minimum Gasteiger partial charge on any atom is -0.446 e. The van der Waals surface area contributed by atoms with Crippen LogP contribution in [0.1, 0.15) is 62.8 Å². The molecule has 1 N–H and O–H groups in total. The molecule has 0 bridgehead atoms. The van der Waals surface area contributed by atoms with Gasteiger partial charge >= 0.3 is 0 Å². The number of aromatic nitrogens is 1. The Hall–Kier alpha value is -1.93. The second-order valence-corrected chi connectivity index (χ2v) is 6.05. The second-order valence-electron chi connectivity index (χ2n) is 6.05. The highest BCUT2D eigenvalue weighted by molar-refractivity contribution is 5.91. The molecule has 1 heterocycles. The van der Waals surface area contributed by atoms with E-state index in [0.717, 1.165) is 19.3 Å². The second kappa shape index (κ2) is 14.2. The lowest BCUT2D eigenvalue weighted by Gasteiger charge is -2.21. The number of nitrogens with zero attached hydrogens (tertiary/aromatic N) is 2. The molecule has 8 nitrogen and oxygen atoms in total. The van der Waals surface area contributed by atoms with Gasteiger partial charge in [0, 0.05) is 45.9 Å². The molecule has 0 spiro atoms. The number of hydrogen-bond donors (Lipinski definition) is 1. The van der Waals surface area contributed by atoms with E-state index in [2.05, 4.69) is 10.3 Å². The van der Waals surface area contributed by atoms with Crippen LogP contribution >= 0.6 is 0 Å². The Bertz CT molecular complexity index is 547. The third-order valence-electron chi connectivity index (χ3n) is 3.80. The Morgan fingerprint density at radius 3 is 2.52 bits per heavy atom. The van der Waals surface area contributed by atoms with E-state index in [4.69, 9.17) is 13.9 Å². The van der Waals surface area contributed by atoms with Gasteiger partial charge in [0.1, 0.15) is 6.26 Å². The fraction of sp³-hybridized carbons (Fsp3) is 0.737.